The van der Waals surface area contributed by atoms with Gasteiger partial charge in [-0.1, -0.05) is 39.1 Å². The van der Waals surface area contributed by atoms with E-state index in [-0.39, 0.29) is 11.8 Å². The summed E-state index contributed by atoms with van der Waals surface area (Å²) in [6.07, 6.45) is 0. The highest BCUT2D eigenvalue weighted by molar-refractivity contribution is 9.10. The SMILES string of the molecule is O=C(Nc1ccc(NC(=O)c2ccc(Cl)c(Cl)c2)cc1)c1ccc(Br)cc1. The Morgan fingerprint density at radius 3 is 1.67 bits per heavy atom. The standard InChI is InChI=1S/C20H13BrCl2N2O2/c21-14-4-1-12(2-5-14)19(26)24-15-6-8-16(9-7-15)25-20(27)13-3-10-17(22)18(23)11-13/h1-11H,(H,24,26)(H,25,27). The summed E-state index contributed by atoms with van der Waals surface area (Å²) in [7, 11) is 0. The number of nitrogens with one attached hydrogen (secondary N) is 2. The van der Waals surface area contributed by atoms with Crippen molar-refractivity contribution in [1.82, 2.24) is 0 Å². The number of hydrogen-bond donors (Lipinski definition) is 2. The van der Waals surface area contributed by atoms with Gasteiger partial charge < -0.3 is 10.6 Å². The van der Waals surface area contributed by atoms with E-state index in [1.54, 1.807) is 60.7 Å². The van der Waals surface area contributed by atoms with E-state index in [0.29, 0.717) is 32.5 Å². The smallest absolute Gasteiger partial charge is 0.255 e. The van der Waals surface area contributed by atoms with Gasteiger partial charge in [0.15, 0.2) is 0 Å². The van der Waals surface area contributed by atoms with E-state index in [1.807, 2.05) is 0 Å². The normalized spacial score (nSPS) is 10.3. The molecule has 2 amide bonds. The van der Waals surface area contributed by atoms with Crippen LogP contribution in [0.3, 0.4) is 0 Å². The molecule has 0 saturated heterocycles. The zero-order valence-electron chi connectivity index (χ0n) is 13.8. The van der Waals surface area contributed by atoms with Gasteiger partial charge in [-0.15, -0.1) is 0 Å². The van der Waals surface area contributed by atoms with Gasteiger partial charge in [-0.2, -0.15) is 0 Å². The molecule has 2 N–H and O–H groups in total. The number of amides is 2. The van der Waals surface area contributed by atoms with Crippen LogP contribution in [0.1, 0.15) is 20.7 Å². The lowest BCUT2D eigenvalue weighted by Gasteiger charge is -2.09. The van der Waals surface area contributed by atoms with Gasteiger partial charge in [0.05, 0.1) is 10.0 Å². The van der Waals surface area contributed by atoms with Crippen LogP contribution in [0.2, 0.25) is 10.0 Å². The predicted molar refractivity (Wildman–Crippen MR) is 113 cm³/mol. The Morgan fingerprint density at radius 1 is 0.667 bits per heavy atom. The van der Waals surface area contributed by atoms with Crippen LogP contribution in [0, 0.1) is 0 Å². The van der Waals surface area contributed by atoms with E-state index >= 15 is 0 Å². The lowest BCUT2D eigenvalue weighted by atomic mass is 10.2. The fraction of sp³-hybridized carbons (Fsp3) is 0. The molecular formula is C20H13BrCl2N2O2. The lowest BCUT2D eigenvalue weighted by Crippen LogP contribution is -2.13. The Bertz CT molecular complexity index is 990. The van der Waals surface area contributed by atoms with Gasteiger partial charge >= 0.3 is 0 Å². The maximum absolute atomic E-state index is 12.3. The molecule has 3 rings (SSSR count). The molecule has 0 radical (unpaired) electrons. The molecule has 0 aliphatic carbocycles. The van der Waals surface area contributed by atoms with Crippen molar-refractivity contribution in [2.75, 3.05) is 10.6 Å². The monoisotopic (exact) mass is 462 g/mol. The van der Waals surface area contributed by atoms with Crippen molar-refractivity contribution in [1.29, 1.82) is 0 Å². The third-order valence-corrected chi connectivity index (χ3v) is 4.96. The molecule has 0 saturated carbocycles. The summed E-state index contributed by atoms with van der Waals surface area (Å²) in [4.78, 5) is 24.5. The molecule has 4 nitrogen and oxygen atoms in total. The highest BCUT2D eigenvalue weighted by Gasteiger charge is 2.09. The van der Waals surface area contributed by atoms with Crippen molar-refractivity contribution >= 4 is 62.3 Å². The van der Waals surface area contributed by atoms with Gasteiger partial charge in [0, 0.05) is 27.0 Å². The van der Waals surface area contributed by atoms with Gasteiger partial charge in [-0.05, 0) is 66.7 Å². The van der Waals surface area contributed by atoms with Crippen LogP contribution in [0.15, 0.2) is 71.2 Å². The number of rotatable bonds is 4. The fourth-order valence-electron chi connectivity index (χ4n) is 2.28. The van der Waals surface area contributed by atoms with E-state index in [9.17, 15) is 9.59 Å². The zero-order chi connectivity index (χ0) is 19.4. The van der Waals surface area contributed by atoms with Gasteiger partial charge in [0.2, 0.25) is 0 Å². The van der Waals surface area contributed by atoms with Crippen molar-refractivity contribution in [2.24, 2.45) is 0 Å². The summed E-state index contributed by atoms with van der Waals surface area (Å²) in [5.41, 5.74) is 2.16. The quantitative estimate of drug-likeness (QED) is 0.479. The molecule has 0 aliphatic rings. The Morgan fingerprint density at radius 2 is 1.15 bits per heavy atom. The van der Waals surface area contributed by atoms with Crippen LogP contribution < -0.4 is 10.6 Å². The minimum Gasteiger partial charge on any atom is -0.322 e. The van der Waals surface area contributed by atoms with Crippen LogP contribution in [0.4, 0.5) is 11.4 Å². The second-order valence-electron chi connectivity index (χ2n) is 5.62. The number of hydrogen-bond acceptors (Lipinski definition) is 2. The van der Waals surface area contributed by atoms with Crippen molar-refractivity contribution in [3.8, 4) is 0 Å². The first-order valence-corrected chi connectivity index (χ1v) is 9.40. The van der Waals surface area contributed by atoms with Gasteiger partial charge in [-0.25, -0.2) is 0 Å². The topological polar surface area (TPSA) is 58.2 Å². The average Bonchev–Trinajstić information content (AvgIpc) is 2.66. The average molecular weight is 464 g/mol. The summed E-state index contributed by atoms with van der Waals surface area (Å²) in [6.45, 7) is 0. The first-order valence-electron chi connectivity index (χ1n) is 7.86. The maximum atomic E-state index is 12.3. The van der Waals surface area contributed by atoms with Crippen molar-refractivity contribution in [2.45, 2.75) is 0 Å². The molecule has 0 atom stereocenters. The number of carbonyl (C=O) groups excluding carboxylic acids is 2. The van der Waals surface area contributed by atoms with Gasteiger partial charge in [0.25, 0.3) is 11.8 Å². The molecule has 3 aromatic carbocycles. The second kappa shape index (κ2) is 8.57. The zero-order valence-corrected chi connectivity index (χ0v) is 16.9. The minimum absolute atomic E-state index is 0.213. The van der Waals surface area contributed by atoms with E-state index in [2.05, 4.69) is 26.6 Å². The number of carbonyl (C=O) groups is 2. The third kappa shape index (κ3) is 5.10. The first-order chi connectivity index (χ1) is 12.9. The molecular weight excluding hydrogens is 451 g/mol. The molecule has 27 heavy (non-hydrogen) atoms. The summed E-state index contributed by atoms with van der Waals surface area (Å²) in [5, 5.41) is 6.27. The third-order valence-electron chi connectivity index (χ3n) is 3.69. The molecule has 0 heterocycles. The van der Waals surface area contributed by atoms with E-state index < -0.39 is 0 Å². The molecule has 0 fully saturated rings. The summed E-state index contributed by atoms with van der Waals surface area (Å²) in [6, 6.07) is 18.5. The number of anilines is 2. The van der Waals surface area contributed by atoms with Crippen LogP contribution in [0.25, 0.3) is 0 Å². The number of halogens is 3. The molecule has 3 aromatic rings. The predicted octanol–water partition coefficient (Wildman–Crippen LogP) is 6.26. The lowest BCUT2D eigenvalue weighted by molar-refractivity contribution is 0.101. The Kier molecular flexibility index (Phi) is 6.16. The maximum Gasteiger partial charge on any atom is 0.255 e. The Hall–Kier alpha value is -2.34. The van der Waals surface area contributed by atoms with Gasteiger partial charge in [-0.3, -0.25) is 9.59 Å². The Balaban J connectivity index is 1.64. The molecule has 0 bridgehead atoms. The van der Waals surface area contributed by atoms with Crippen molar-refractivity contribution in [3.63, 3.8) is 0 Å². The number of benzene rings is 3. The summed E-state index contributed by atoms with van der Waals surface area (Å²) >= 11 is 15.1. The summed E-state index contributed by atoms with van der Waals surface area (Å²) in [5.74, 6) is -0.518. The van der Waals surface area contributed by atoms with Crippen molar-refractivity contribution < 1.29 is 9.59 Å². The van der Waals surface area contributed by atoms with Crippen LogP contribution in [-0.2, 0) is 0 Å². The fourth-order valence-corrected chi connectivity index (χ4v) is 2.84. The molecule has 0 aromatic heterocycles. The van der Waals surface area contributed by atoms with E-state index in [4.69, 9.17) is 23.2 Å². The Labute approximate surface area is 174 Å². The van der Waals surface area contributed by atoms with Crippen LogP contribution >= 0.6 is 39.1 Å². The largest absolute Gasteiger partial charge is 0.322 e. The van der Waals surface area contributed by atoms with E-state index in [1.165, 1.54) is 6.07 Å². The molecule has 0 spiro atoms. The second-order valence-corrected chi connectivity index (χ2v) is 7.35. The molecule has 7 heteroatoms. The van der Waals surface area contributed by atoms with Gasteiger partial charge in [0.1, 0.15) is 0 Å². The molecule has 0 aliphatic heterocycles. The van der Waals surface area contributed by atoms with Crippen LogP contribution in [0.5, 0.6) is 0 Å². The van der Waals surface area contributed by atoms with Crippen molar-refractivity contribution in [3.05, 3.63) is 92.4 Å². The molecule has 0 unspecified atom stereocenters. The highest BCUT2D eigenvalue weighted by Crippen LogP contribution is 2.23. The molecule has 136 valence electrons. The highest BCUT2D eigenvalue weighted by atomic mass is 79.9. The van der Waals surface area contributed by atoms with Crippen LogP contribution in [-0.4, -0.2) is 11.8 Å². The first kappa shape index (κ1) is 19.4. The van der Waals surface area contributed by atoms with E-state index in [0.717, 1.165) is 4.47 Å². The summed E-state index contributed by atoms with van der Waals surface area (Å²) < 4.78 is 0.904. The minimum atomic E-state index is -0.305.